The normalized spacial score (nSPS) is 9.90. The number of nitrogens with zero attached hydrogens (tertiary/aromatic N) is 1. The van der Waals surface area contributed by atoms with Crippen molar-refractivity contribution >= 4 is 34.2 Å². The molecule has 1 N–H and O–H groups in total. The summed E-state index contributed by atoms with van der Waals surface area (Å²) in [4.78, 5) is 36.5. The van der Waals surface area contributed by atoms with Gasteiger partial charge in [-0.15, -0.1) is 11.3 Å². The molecule has 2 aromatic rings. The lowest BCUT2D eigenvalue weighted by molar-refractivity contribution is -0.118. The van der Waals surface area contributed by atoms with Crippen molar-refractivity contribution in [3.63, 3.8) is 0 Å². The van der Waals surface area contributed by atoms with Crippen molar-refractivity contribution in [2.75, 3.05) is 33.3 Å². The average Bonchev–Trinajstić information content (AvgIpc) is 3.06. The highest BCUT2D eigenvalue weighted by Gasteiger charge is 2.26. The average molecular weight is 418 g/mol. The smallest absolute Gasteiger partial charge is 0.348 e. The fraction of sp³-hybridized carbons (Fsp3) is 0.263. The van der Waals surface area contributed by atoms with Crippen LogP contribution in [0.1, 0.15) is 31.2 Å². The predicted molar refractivity (Wildman–Crippen MR) is 104 cm³/mol. The molecule has 152 valence electrons. The second-order valence-corrected chi connectivity index (χ2v) is 6.58. The highest BCUT2D eigenvalue weighted by Crippen LogP contribution is 2.34. The number of thiophene rings is 1. The van der Waals surface area contributed by atoms with Crippen LogP contribution >= 0.6 is 11.3 Å². The molecule has 10 heteroatoms. The summed E-state index contributed by atoms with van der Waals surface area (Å²) in [6.07, 6.45) is 0. The molecular formula is C19H18N2O7S. The zero-order chi connectivity index (χ0) is 21.6. The van der Waals surface area contributed by atoms with Gasteiger partial charge in [0.05, 0.1) is 38.5 Å². The Hall–Kier alpha value is -3.58. The molecule has 0 aliphatic rings. The van der Waals surface area contributed by atoms with Crippen molar-refractivity contribution in [2.45, 2.75) is 6.92 Å². The Morgan fingerprint density at radius 2 is 1.79 bits per heavy atom. The Balaban J connectivity index is 2.20. The molecule has 0 radical (unpaired) electrons. The van der Waals surface area contributed by atoms with Crippen molar-refractivity contribution in [3.8, 4) is 17.6 Å². The van der Waals surface area contributed by atoms with Gasteiger partial charge in [-0.3, -0.25) is 4.79 Å². The van der Waals surface area contributed by atoms with Gasteiger partial charge in [0.2, 0.25) is 0 Å². The highest BCUT2D eigenvalue weighted by atomic mass is 32.1. The molecule has 0 aliphatic carbocycles. The number of rotatable bonds is 7. The summed E-state index contributed by atoms with van der Waals surface area (Å²) in [5, 5.41) is 11.6. The Labute approximate surface area is 170 Å². The predicted octanol–water partition coefficient (Wildman–Crippen LogP) is 2.53. The number of hydrogen-bond acceptors (Lipinski definition) is 9. The van der Waals surface area contributed by atoms with E-state index in [4.69, 9.17) is 24.2 Å². The molecule has 0 spiro atoms. The zero-order valence-electron chi connectivity index (χ0n) is 16.2. The number of nitriles is 1. The van der Waals surface area contributed by atoms with Crippen LogP contribution < -0.4 is 14.8 Å². The molecule has 0 bridgehead atoms. The first-order valence-electron chi connectivity index (χ1n) is 8.17. The van der Waals surface area contributed by atoms with Crippen LogP contribution in [0.5, 0.6) is 11.5 Å². The van der Waals surface area contributed by atoms with Gasteiger partial charge < -0.3 is 24.3 Å². The molecule has 1 heterocycles. The Bertz CT molecular complexity index is 991. The largest absolute Gasteiger partial charge is 0.493 e. The lowest BCUT2D eigenvalue weighted by Crippen LogP contribution is -2.21. The molecule has 0 fully saturated rings. The van der Waals surface area contributed by atoms with Crippen molar-refractivity contribution in [1.29, 1.82) is 5.26 Å². The summed E-state index contributed by atoms with van der Waals surface area (Å²) in [6, 6.07) is 6.49. The van der Waals surface area contributed by atoms with Crippen LogP contribution in [0, 0.1) is 18.3 Å². The van der Waals surface area contributed by atoms with Crippen molar-refractivity contribution in [3.05, 3.63) is 39.8 Å². The van der Waals surface area contributed by atoms with E-state index in [0.717, 1.165) is 11.3 Å². The molecule has 2 rings (SSSR count). The first-order chi connectivity index (χ1) is 13.9. The zero-order valence-corrected chi connectivity index (χ0v) is 17.0. The summed E-state index contributed by atoms with van der Waals surface area (Å²) in [5.41, 5.74) is 0.798. The molecule has 9 nitrogen and oxygen atoms in total. The van der Waals surface area contributed by atoms with Gasteiger partial charge in [0.25, 0.3) is 5.91 Å². The van der Waals surface area contributed by atoms with Crippen molar-refractivity contribution in [2.24, 2.45) is 0 Å². The molecule has 1 aromatic carbocycles. The molecule has 29 heavy (non-hydrogen) atoms. The van der Waals surface area contributed by atoms with Crippen LogP contribution in [0.3, 0.4) is 0 Å². The van der Waals surface area contributed by atoms with Gasteiger partial charge in [-0.05, 0) is 24.6 Å². The molecule has 0 saturated heterocycles. The van der Waals surface area contributed by atoms with Gasteiger partial charge in [-0.2, -0.15) is 5.26 Å². The summed E-state index contributed by atoms with van der Waals surface area (Å²) in [5.74, 6) is -1.32. The van der Waals surface area contributed by atoms with Crippen LogP contribution in [0.4, 0.5) is 5.00 Å². The number of nitrogens with one attached hydrogen (secondary N) is 1. The maximum atomic E-state index is 12.3. The van der Waals surface area contributed by atoms with Gasteiger partial charge >= 0.3 is 11.9 Å². The lowest BCUT2D eigenvalue weighted by atomic mass is 10.1. The number of hydrogen-bond donors (Lipinski definition) is 1. The van der Waals surface area contributed by atoms with Gasteiger partial charge in [-0.25, -0.2) is 9.59 Å². The first kappa shape index (κ1) is 21.7. The third-order valence-electron chi connectivity index (χ3n) is 3.81. The monoisotopic (exact) mass is 418 g/mol. The minimum Gasteiger partial charge on any atom is -0.493 e. The Morgan fingerprint density at radius 1 is 1.10 bits per heavy atom. The van der Waals surface area contributed by atoms with Gasteiger partial charge in [0, 0.05) is 6.07 Å². The van der Waals surface area contributed by atoms with Gasteiger partial charge in [-0.1, -0.05) is 0 Å². The molecule has 1 amide bonds. The summed E-state index contributed by atoms with van der Waals surface area (Å²) in [7, 11) is 3.83. The van der Waals surface area contributed by atoms with E-state index in [0.29, 0.717) is 16.9 Å². The molecule has 0 saturated carbocycles. The van der Waals surface area contributed by atoms with E-state index in [1.807, 2.05) is 6.07 Å². The van der Waals surface area contributed by atoms with Crippen LogP contribution in [-0.4, -0.2) is 45.8 Å². The first-order valence-corrected chi connectivity index (χ1v) is 8.98. The third-order valence-corrected chi connectivity index (χ3v) is 5.00. The maximum absolute atomic E-state index is 12.3. The number of benzene rings is 1. The molecule has 0 unspecified atom stereocenters. The van der Waals surface area contributed by atoms with Gasteiger partial charge in [0.1, 0.15) is 9.88 Å². The highest BCUT2D eigenvalue weighted by molar-refractivity contribution is 7.18. The van der Waals surface area contributed by atoms with E-state index in [2.05, 4.69) is 5.32 Å². The van der Waals surface area contributed by atoms with Crippen LogP contribution in [0.15, 0.2) is 18.2 Å². The molecule has 0 atom stereocenters. The Morgan fingerprint density at radius 3 is 2.38 bits per heavy atom. The molecule has 0 aliphatic heterocycles. The topological polar surface area (TPSA) is 124 Å². The summed E-state index contributed by atoms with van der Waals surface area (Å²) in [6.45, 7) is 1.16. The number of methoxy groups -OCH3 is 3. The fourth-order valence-corrected chi connectivity index (χ4v) is 3.53. The Kier molecular flexibility index (Phi) is 7.16. The van der Waals surface area contributed by atoms with Gasteiger partial charge in [0.15, 0.2) is 18.1 Å². The number of carbonyl (C=O) groups excluding carboxylic acids is 3. The second-order valence-electron chi connectivity index (χ2n) is 5.56. The standard InChI is InChI=1S/C19H18N2O7S/c1-10-15(18(23)26-3)17(29-16(10)19(24)27-4)21-14(22)9-28-12-6-5-11(8-20)7-13(12)25-2/h5-7H,9H2,1-4H3,(H,21,22). The fourth-order valence-electron chi connectivity index (χ4n) is 2.40. The third kappa shape index (κ3) is 4.83. The van der Waals surface area contributed by atoms with E-state index in [9.17, 15) is 14.4 Å². The lowest BCUT2D eigenvalue weighted by Gasteiger charge is -2.11. The SMILES string of the molecule is COC(=O)c1sc(NC(=O)COc2ccc(C#N)cc2OC)c(C(=O)OC)c1C. The number of carbonyl (C=O) groups is 3. The minimum atomic E-state index is -0.695. The number of ether oxygens (including phenoxy) is 4. The van der Waals surface area contributed by atoms with Crippen molar-refractivity contribution in [1.82, 2.24) is 0 Å². The van der Waals surface area contributed by atoms with E-state index >= 15 is 0 Å². The van der Waals surface area contributed by atoms with Crippen LogP contribution in [0.2, 0.25) is 0 Å². The van der Waals surface area contributed by atoms with E-state index in [1.54, 1.807) is 6.92 Å². The molecule has 1 aromatic heterocycles. The van der Waals surface area contributed by atoms with E-state index in [-0.39, 0.29) is 21.2 Å². The van der Waals surface area contributed by atoms with Crippen LogP contribution in [-0.2, 0) is 14.3 Å². The van der Waals surface area contributed by atoms with E-state index < -0.39 is 24.5 Å². The van der Waals surface area contributed by atoms with Crippen LogP contribution in [0.25, 0.3) is 0 Å². The minimum absolute atomic E-state index is 0.0715. The maximum Gasteiger partial charge on any atom is 0.348 e. The number of amides is 1. The van der Waals surface area contributed by atoms with Crippen molar-refractivity contribution < 1.29 is 33.3 Å². The van der Waals surface area contributed by atoms with E-state index in [1.165, 1.54) is 39.5 Å². The second kappa shape index (κ2) is 9.57. The summed E-state index contributed by atoms with van der Waals surface area (Å²) < 4.78 is 20.0. The summed E-state index contributed by atoms with van der Waals surface area (Å²) >= 11 is 0.901. The quantitative estimate of drug-likeness (QED) is 0.680. The molecular weight excluding hydrogens is 400 g/mol. The number of anilines is 1. The number of esters is 2.